The molecule has 0 spiro atoms. The van der Waals surface area contributed by atoms with Crippen LogP contribution in [0.2, 0.25) is 0 Å². The fourth-order valence-electron chi connectivity index (χ4n) is 2.88. The number of benzene rings is 2. The van der Waals surface area contributed by atoms with E-state index in [4.69, 9.17) is 0 Å². The molecule has 0 amide bonds. The smallest absolute Gasteiger partial charge is 0.406 e. The van der Waals surface area contributed by atoms with E-state index in [0.717, 1.165) is 24.3 Å². The van der Waals surface area contributed by atoms with Gasteiger partial charge in [-0.1, -0.05) is 24.3 Å². The van der Waals surface area contributed by atoms with Gasteiger partial charge in [-0.05, 0) is 41.0 Å². The number of halogens is 6. The van der Waals surface area contributed by atoms with Crippen molar-refractivity contribution in [2.45, 2.75) is 19.3 Å². The number of pyridine rings is 1. The molecule has 0 saturated heterocycles. The quantitative estimate of drug-likeness (QED) is 0.529. The Labute approximate surface area is 166 Å². The predicted octanol–water partition coefficient (Wildman–Crippen LogP) is 5.71. The minimum absolute atomic E-state index is 0.262. The van der Waals surface area contributed by atoms with Crippen molar-refractivity contribution in [3.05, 3.63) is 66.5 Å². The van der Waals surface area contributed by atoms with Crippen LogP contribution in [0.25, 0.3) is 22.3 Å². The van der Waals surface area contributed by atoms with Crippen LogP contribution in [0.5, 0.6) is 11.5 Å². The number of hydrogen-bond acceptors (Lipinski definition) is 4. The summed E-state index contributed by atoms with van der Waals surface area (Å²) in [6, 6.07) is 10.1. The Balaban J connectivity index is 2.04. The number of alkyl halides is 6. The van der Waals surface area contributed by atoms with Crippen molar-refractivity contribution in [1.29, 1.82) is 0 Å². The van der Waals surface area contributed by atoms with Gasteiger partial charge in [0.05, 0.1) is 6.61 Å². The fraction of sp³-hybridized carbons (Fsp3) is 0.150. The Morgan fingerprint density at radius 1 is 0.733 bits per heavy atom. The molecule has 3 aromatic rings. The molecular weight excluding hydrogens is 416 g/mol. The summed E-state index contributed by atoms with van der Waals surface area (Å²) in [7, 11) is 0. The number of hydrogen-bond donors (Lipinski definition) is 1. The third-order valence-corrected chi connectivity index (χ3v) is 3.97. The number of aliphatic hydroxyl groups excluding tert-OH is 1. The zero-order chi connectivity index (χ0) is 21.9. The van der Waals surface area contributed by atoms with E-state index in [0.29, 0.717) is 11.1 Å². The molecule has 1 heterocycles. The van der Waals surface area contributed by atoms with Gasteiger partial charge in [0.2, 0.25) is 0 Å². The van der Waals surface area contributed by atoms with Crippen LogP contribution in [0.15, 0.2) is 60.9 Å². The van der Waals surface area contributed by atoms with Crippen molar-refractivity contribution in [3.63, 3.8) is 0 Å². The van der Waals surface area contributed by atoms with Crippen molar-refractivity contribution in [2.75, 3.05) is 0 Å². The summed E-state index contributed by atoms with van der Waals surface area (Å²) < 4.78 is 82.8. The molecule has 4 nitrogen and oxygen atoms in total. The maximum absolute atomic E-state index is 12.5. The zero-order valence-electron chi connectivity index (χ0n) is 15.0. The molecule has 0 saturated carbocycles. The Hall–Kier alpha value is -3.27. The van der Waals surface area contributed by atoms with E-state index in [9.17, 15) is 31.4 Å². The van der Waals surface area contributed by atoms with Crippen LogP contribution in [-0.2, 0) is 6.61 Å². The average molecular weight is 429 g/mol. The summed E-state index contributed by atoms with van der Waals surface area (Å²) in [5.41, 5.74) is 1.41. The molecule has 10 heteroatoms. The van der Waals surface area contributed by atoms with E-state index in [1.807, 2.05) is 0 Å². The van der Waals surface area contributed by atoms with Gasteiger partial charge in [-0.2, -0.15) is 0 Å². The maximum atomic E-state index is 12.5. The van der Waals surface area contributed by atoms with Crippen molar-refractivity contribution in [2.24, 2.45) is 0 Å². The lowest BCUT2D eigenvalue weighted by atomic mass is 9.94. The van der Waals surface area contributed by atoms with Gasteiger partial charge in [0.15, 0.2) is 0 Å². The molecule has 0 unspecified atom stereocenters. The molecule has 0 aliphatic carbocycles. The van der Waals surface area contributed by atoms with E-state index < -0.39 is 30.8 Å². The van der Waals surface area contributed by atoms with Crippen LogP contribution >= 0.6 is 0 Å². The van der Waals surface area contributed by atoms with Crippen LogP contribution in [0.1, 0.15) is 5.56 Å². The van der Waals surface area contributed by atoms with Gasteiger partial charge >= 0.3 is 12.7 Å². The first-order chi connectivity index (χ1) is 14.1. The summed E-state index contributed by atoms with van der Waals surface area (Å²) in [4.78, 5) is 4.02. The Morgan fingerprint density at radius 3 is 1.53 bits per heavy atom. The third kappa shape index (κ3) is 5.41. The summed E-state index contributed by atoms with van der Waals surface area (Å²) in [5.74, 6) is -0.926. The van der Waals surface area contributed by atoms with E-state index in [1.54, 1.807) is 0 Å². The lowest BCUT2D eigenvalue weighted by molar-refractivity contribution is -0.275. The van der Waals surface area contributed by atoms with Crippen molar-refractivity contribution < 1.29 is 40.9 Å². The minimum atomic E-state index is -4.88. The second kappa shape index (κ2) is 8.23. The molecule has 30 heavy (non-hydrogen) atoms. The summed E-state index contributed by atoms with van der Waals surface area (Å²) in [6.07, 6.45) is -7.09. The lowest BCUT2D eigenvalue weighted by Crippen LogP contribution is -2.17. The van der Waals surface area contributed by atoms with Crippen LogP contribution < -0.4 is 9.47 Å². The van der Waals surface area contributed by atoms with Gasteiger partial charge in [-0.25, -0.2) is 0 Å². The van der Waals surface area contributed by atoms with Gasteiger partial charge in [0, 0.05) is 23.5 Å². The molecule has 1 aromatic heterocycles. The molecule has 0 atom stereocenters. The predicted molar refractivity (Wildman–Crippen MR) is 94.4 cm³/mol. The minimum Gasteiger partial charge on any atom is -0.406 e. The van der Waals surface area contributed by atoms with E-state index in [1.165, 1.54) is 36.7 Å². The number of rotatable bonds is 5. The molecule has 0 radical (unpaired) electrons. The summed E-state index contributed by atoms with van der Waals surface area (Å²) >= 11 is 0. The zero-order valence-corrected chi connectivity index (χ0v) is 15.0. The lowest BCUT2D eigenvalue weighted by Gasteiger charge is -2.15. The van der Waals surface area contributed by atoms with Crippen LogP contribution in [0, 0.1) is 0 Å². The van der Waals surface area contributed by atoms with Crippen molar-refractivity contribution in [3.8, 4) is 33.8 Å². The SMILES string of the molecule is OCc1c(-c2cccc(OC(F)(F)F)c2)cncc1-c1cccc(OC(F)(F)F)c1. The van der Waals surface area contributed by atoms with E-state index >= 15 is 0 Å². The topological polar surface area (TPSA) is 51.6 Å². The Kier molecular flexibility index (Phi) is 5.88. The van der Waals surface area contributed by atoms with E-state index in [-0.39, 0.29) is 16.7 Å². The molecular formula is C20H13F6NO3. The highest BCUT2D eigenvalue weighted by Gasteiger charge is 2.32. The molecule has 158 valence electrons. The Morgan fingerprint density at radius 2 is 1.17 bits per heavy atom. The molecule has 0 aliphatic heterocycles. The van der Waals surface area contributed by atoms with Gasteiger partial charge in [-0.15, -0.1) is 26.3 Å². The molecule has 0 fully saturated rings. The van der Waals surface area contributed by atoms with Crippen molar-refractivity contribution in [1.82, 2.24) is 4.98 Å². The van der Waals surface area contributed by atoms with Gasteiger partial charge in [0.25, 0.3) is 0 Å². The second-order valence-electron chi connectivity index (χ2n) is 6.02. The first-order valence-electron chi connectivity index (χ1n) is 8.36. The van der Waals surface area contributed by atoms with Gasteiger partial charge < -0.3 is 14.6 Å². The van der Waals surface area contributed by atoms with Gasteiger partial charge in [-0.3, -0.25) is 4.98 Å². The molecule has 3 rings (SSSR count). The van der Waals surface area contributed by atoms with Crippen LogP contribution in [0.3, 0.4) is 0 Å². The van der Waals surface area contributed by atoms with Crippen LogP contribution in [0.4, 0.5) is 26.3 Å². The standard InChI is InChI=1S/C20H13F6NO3/c21-19(22,23)29-14-5-1-3-12(7-14)16-9-27-10-17(18(16)11-28)13-4-2-6-15(8-13)30-20(24,25)26/h1-10,28H,11H2. The first kappa shape index (κ1) is 21.4. The van der Waals surface area contributed by atoms with Gasteiger partial charge in [0.1, 0.15) is 11.5 Å². The molecule has 2 aromatic carbocycles. The molecule has 0 bridgehead atoms. The number of aliphatic hydroxyl groups is 1. The summed E-state index contributed by atoms with van der Waals surface area (Å²) in [6.45, 7) is -0.540. The molecule has 1 N–H and O–H groups in total. The largest absolute Gasteiger partial charge is 0.573 e. The third-order valence-electron chi connectivity index (χ3n) is 3.97. The number of ether oxygens (including phenoxy) is 2. The Bertz CT molecular complexity index is 956. The first-order valence-corrected chi connectivity index (χ1v) is 8.36. The van der Waals surface area contributed by atoms with E-state index in [2.05, 4.69) is 14.5 Å². The fourth-order valence-corrected chi connectivity index (χ4v) is 2.88. The second-order valence-corrected chi connectivity index (χ2v) is 6.02. The normalized spacial score (nSPS) is 12.0. The number of nitrogens with zero attached hydrogens (tertiary/aromatic N) is 1. The van der Waals surface area contributed by atoms with Crippen LogP contribution in [-0.4, -0.2) is 22.8 Å². The maximum Gasteiger partial charge on any atom is 0.573 e. The monoisotopic (exact) mass is 429 g/mol. The number of aromatic nitrogens is 1. The summed E-state index contributed by atoms with van der Waals surface area (Å²) in [5, 5.41) is 9.88. The van der Waals surface area contributed by atoms with Crippen molar-refractivity contribution >= 4 is 0 Å². The highest BCUT2D eigenvalue weighted by molar-refractivity contribution is 5.78. The highest BCUT2D eigenvalue weighted by atomic mass is 19.4. The molecule has 0 aliphatic rings. The average Bonchev–Trinajstić information content (AvgIpc) is 2.65. The highest BCUT2D eigenvalue weighted by Crippen LogP contribution is 2.35.